The number of para-hydroxylation sites is 1. The van der Waals surface area contributed by atoms with Crippen LogP contribution in [0.1, 0.15) is 18.4 Å². The predicted octanol–water partition coefficient (Wildman–Crippen LogP) is 3.63. The number of ether oxygens (including phenoxy) is 2. The van der Waals surface area contributed by atoms with Crippen LogP contribution in [-0.4, -0.2) is 43.4 Å². The standard InChI is InChI=1S/C20H25FN2O3/c1-25-18-11-14(12-19(26-2)20(18)24)13-23-9-7-15(8-10-23)22-17-6-4-3-5-16(17)21/h3-6,11-12,15,22,24H,7-10,13H2,1-2H3. The van der Waals surface area contributed by atoms with Gasteiger partial charge in [-0.25, -0.2) is 4.39 Å². The van der Waals surface area contributed by atoms with Gasteiger partial charge in [-0.3, -0.25) is 4.90 Å². The highest BCUT2D eigenvalue weighted by Crippen LogP contribution is 2.37. The van der Waals surface area contributed by atoms with Gasteiger partial charge in [0.05, 0.1) is 19.9 Å². The monoisotopic (exact) mass is 360 g/mol. The Kier molecular flexibility index (Phi) is 5.83. The molecule has 2 aromatic carbocycles. The lowest BCUT2D eigenvalue weighted by molar-refractivity contribution is 0.210. The average Bonchev–Trinajstić information content (AvgIpc) is 2.66. The summed E-state index contributed by atoms with van der Waals surface area (Å²) in [6, 6.07) is 10.7. The zero-order valence-electron chi connectivity index (χ0n) is 15.2. The minimum absolute atomic E-state index is 0.0199. The van der Waals surface area contributed by atoms with Crippen LogP contribution in [0.2, 0.25) is 0 Å². The summed E-state index contributed by atoms with van der Waals surface area (Å²) in [5.41, 5.74) is 1.59. The lowest BCUT2D eigenvalue weighted by atomic mass is 10.0. The summed E-state index contributed by atoms with van der Waals surface area (Å²) in [6.45, 7) is 2.58. The van der Waals surface area contributed by atoms with Gasteiger partial charge < -0.3 is 19.9 Å². The normalized spacial score (nSPS) is 15.7. The lowest BCUT2D eigenvalue weighted by Gasteiger charge is -2.33. The third kappa shape index (κ3) is 4.19. The van der Waals surface area contributed by atoms with Crippen molar-refractivity contribution in [3.8, 4) is 17.2 Å². The van der Waals surface area contributed by atoms with E-state index in [9.17, 15) is 9.50 Å². The van der Waals surface area contributed by atoms with E-state index in [0.717, 1.165) is 38.0 Å². The molecule has 2 aromatic rings. The number of aromatic hydroxyl groups is 1. The molecule has 0 amide bonds. The van der Waals surface area contributed by atoms with Gasteiger partial charge in [0.2, 0.25) is 5.75 Å². The number of anilines is 1. The van der Waals surface area contributed by atoms with Crippen LogP contribution >= 0.6 is 0 Å². The van der Waals surface area contributed by atoms with Crippen molar-refractivity contribution >= 4 is 5.69 Å². The smallest absolute Gasteiger partial charge is 0.200 e. The quantitative estimate of drug-likeness (QED) is 0.824. The minimum Gasteiger partial charge on any atom is -0.502 e. The Morgan fingerprint density at radius 2 is 1.73 bits per heavy atom. The van der Waals surface area contributed by atoms with Crippen LogP contribution in [0.25, 0.3) is 0 Å². The molecule has 0 saturated carbocycles. The van der Waals surface area contributed by atoms with Gasteiger partial charge in [-0.2, -0.15) is 0 Å². The summed E-state index contributed by atoms with van der Waals surface area (Å²) in [5.74, 6) is 0.635. The molecule has 0 radical (unpaired) electrons. The van der Waals surface area contributed by atoms with Crippen LogP contribution in [0.15, 0.2) is 36.4 Å². The number of piperidine rings is 1. The van der Waals surface area contributed by atoms with E-state index >= 15 is 0 Å². The molecule has 1 heterocycles. The molecule has 26 heavy (non-hydrogen) atoms. The molecule has 2 N–H and O–H groups in total. The van der Waals surface area contributed by atoms with Crippen LogP contribution in [0.5, 0.6) is 17.2 Å². The number of halogens is 1. The minimum atomic E-state index is -0.210. The molecule has 1 saturated heterocycles. The van der Waals surface area contributed by atoms with Crippen LogP contribution in [0.4, 0.5) is 10.1 Å². The Balaban J connectivity index is 1.58. The van der Waals surface area contributed by atoms with Crippen LogP contribution in [-0.2, 0) is 6.54 Å². The topological polar surface area (TPSA) is 54.0 Å². The Hall–Kier alpha value is -2.47. The summed E-state index contributed by atoms with van der Waals surface area (Å²) in [6.07, 6.45) is 1.89. The number of benzene rings is 2. The Bertz CT molecular complexity index is 721. The van der Waals surface area contributed by atoms with Gasteiger partial charge in [0.1, 0.15) is 5.82 Å². The van der Waals surface area contributed by atoms with E-state index in [1.807, 2.05) is 18.2 Å². The number of phenols is 1. The van der Waals surface area contributed by atoms with E-state index in [0.29, 0.717) is 17.2 Å². The van der Waals surface area contributed by atoms with E-state index < -0.39 is 0 Å². The second-order valence-electron chi connectivity index (χ2n) is 6.52. The molecule has 140 valence electrons. The highest BCUT2D eigenvalue weighted by Gasteiger charge is 2.21. The summed E-state index contributed by atoms with van der Waals surface area (Å²) >= 11 is 0. The molecule has 6 heteroatoms. The van der Waals surface area contributed by atoms with E-state index in [2.05, 4.69) is 10.2 Å². The highest BCUT2D eigenvalue weighted by molar-refractivity contribution is 5.52. The maximum absolute atomic E-state index is 13.8. The molecule has 1 aliphatic rings. The van der Waals surface area contributed by atoms with E-state index in [-0.39, 0.29) is 17.6 Å². The number of nitrogens with zero attached hydrogens (tertiary/aromatic N) is 1. The number of methoxy groups -OCH3 is 2. The van der Waals surface area contributed by atoms with Gasteiger partial charge in [-0.1, -0.05) is 12.1 Å². The van der Waals surface area contributed by atoms with Gasteiger partial charge in [-0.15, -0.1) is 0 Å². The molecule has 0 spiro atoms. The highest BCUT2D eigenvalue weighted by atomic mass is 19.1. The maximum Gasteiger partial charge on any atom is 0.200 e. The molecule has 0 aliphatic carbocycles. The van der Waals surface area contributed by atoms with E-state index in [4.69, 9.17) is 9.47 Å². The van der Waals surface area contributed by atoms with Gasteiger partial charge in [0.15, 0.2) is 11.5 Å². The number of likely N-dealkylation sites (tertiary alicyclic amines) is 1. The second-order valence-corrected chi connectivity index (χ2v) is 6.52. The third-order valence-electron chi connectivity index (χ3n) is 4.77. The van der Waals surface area contributed by atoms with Gasteiger partial charge in [0.25, 0.3) is 0 Å². The zero-order chi connectivity index (χ0) is 18.5. The molecule has 0 bridgehead atoms. The molecule has 0 unspecified atom stereocenters. The number of hydrogen-bond donors (Lipinski definition) is 2. The fourth-order valence-corrected chi connectivity index (χ4v) is 3.33. The van der Waals surface area contributed by atoms with Gasteiger partial charge in [0, 0.05) is 25.7 Å². The first-order chi connectivity index (χ1) is 12.6. The van der Waals surface area contributed by atoms with Crippen molar-refractivity contribution in [2.75, 3.05) is 32.6 Å². The van der Waals surface area contributed by atoms with Crippen LogP contribution in [0, 0.1) is 5.82 Å². The maximum atomic E-state index is 13.8. The van der Waals surface area contributed by atoms with Crippen molar-refractivity contribution in [2.24, 2.45) is 0 Å². The van der Waals surface area contributed by atoms with Crippen molar-refractivity contribution in [3.63, 3.8) is 0 Å². The first-order valence-corrected chi connectivity index (χ1v) is 8.78. The number of hydrogen-bond acceptors (Lipinski definition) is 5. The fraction of sp³-hybridized carbons (Fsp3) is 0.400. The second kappa shape index (κ2) is 8.27. The summed E-state index contributed by atoms with van der Waals surface area (Å²) < 4.78 is 24.2. The molecule has 3 rings (SSSR count). The van der Waals surface area contributed by atoms with Crippen LogP contribution in [0.3, 0.4) is 0 Å². The first-order valence-electron chi connectivity index (χ1n) is 8.78. The van der Waals surface area contributed by atoms with Crippen molar-refractivity contribution < 1.29 is 19.0 Å². The number of nitrogens with one attached hydrogen (secondary N) is 1. The summed E-state index contributed by atoms with van der Waals surface area (Å²) in [5, 5.41) is 13.3. The molecular formula is C20H25FN2O3. The Labute approximate surface area is 153 Å². The number of phenolic OH excluding ortho intramolecular Hbond substituents is 1. The van der Waals surface area contributed by atoms with E-state index in [1.54, 1.807) is 12.1 Å². The molecule has 0 aromatic heterocycles. The number of rotatable bonds is 6. The molecule has 1 fully saturated rings. The SMILES string of the molecule is COc1cc(CN2CCC(Nc3ccccc3F)CC2)cc(OC)c1O. The van der Waals surface area contributed by atoms with Crippen molar-refractivity contribution in [1.82, 2.24) is 4.90 Å². The lowest BCUT2D eigenvalue weighted by Crippen LogP contribution is -2.38. The average molecular weight is 360 g/mol. The molecule has 1 aliphatic heterocycles. The van der Waals surface area contributed by atoms with Crippen molar-refractivity contribution in [3.05, 3.63) is 47.8 Å². The van der Waals surface area contributed by atoms with Crippen LogP contribution < -0.4 is 14.8 Å². The third-order valence-corrected chi connectivity index (χ3v) is 4.77. The Morgan fingerprint density at radius 1 is 1.12 bits per heavy atom. The van der Waals surface area contributed by atoms with Gasteiger partial charge in [-0.05, 0) is 42.7 Å². The summed E-state index contributed by atoms with van der Waals surface area (Å²) in [4.78, 5) is 2.34. The van der Waals surface area contributed by atoms with E-state index in [1.165, 1.54) is 20.3 Å². The first kappa shape index (κ1) is 18.3. The largest absolute Gasteiger partial charge is 0.502 e. The molecule has 5 nitrogen and oxygen atoms in total. The van der Waals surface area contributed by atoms with Crippen molar-refractivity contribution in [1.29, 1.82) is 0 Å². The Morgan fingerprint density at radius 3 is 2.31 bits per heavy atom. The van der Waals surface area contributed by atoms with Crippen molar-refractivity contribution in [2.45, 2.75) is 25.4 Å². The molecule has 0 atom stereocenters. The molecular weight excluding hydrogens is 335 g/mol. The zero-order valence-corrected chi connectivity index (χ0v) is 15.2. The fourth-order valence-electron chi connectivity index (χ4n) is 3.33. The predicted molar refractivity (Wildman–Crippen MR) is 99.5 cm³/mol. The van der Waals surface area contributed by atoms with Gasteiger partial charge >= 0.3 is 0 Å². The summed E-state index contributed by atoms with van der Waals surface area (Å²) in [7, 11) is 3.05.